The quantitative estimate of drug-likeness (QED) is 0.657. The lowest BCUT2D eigenvalue weighted by atomic mass is 10.1. The summed E-state index contributed by atoms with van der Waals surface area (Å²) in [5.41, 5.74) is 5.77. The van der Waals surface area contributed by atoms with Gasteiger partial charge in [-0.05, 0) is 31.9 Å². The highest BCUT2D eigenvalue weighted by atomic mass is 35.5. The van der Waals surface area contributed by atoms with Gasteiger partial charge >= 0.3 is 5.69 Å². The second-order valence-corrected chi connectivity index (χ2v) is 4.90. The van der Waals surface area contributed by atoms with Gasteiger partial charge in [0.15, 0.2) is 5.75 Å². The number of amides is 1. The van der Waals surface area contributed by atoms with Crippen LogP contribution in [0, 0.1) is 10.1 Å². The second kappa shape index (κ2) is 7.95. The Kier molecular flexibility index (Phi) is 6.58. The van der Waals surface area contributed by atoms with Crippen LogP contribution in [0.5, 0.6) is 5.75 Å². The number of ether oxygens (including phenoxy) is 1. The number of carbonyl (C=O) groups is 1. The van der Waals surface area contributed by atoms with Crippen LogP contribution in [0.2, 0.25) is 0 Å². The number of likely N-dealkylation sites (tertiary alicyclic amines) is 1. The number of nitro groups is 1. The Balaban J connectivity index is 0.00000242. The summed E-state index contributed by atoms with van der Waals surface area (Å²) in [6.07, 6.45) is 1.79. The highest BCUT2D eigenvalue weighted by molar-refractivity contribution is 5.95. The number of hydrogen-bond donors (Lipinski definition) is 1. The number of nitro benzene ring substituents is 1. The van der Waals surface area contributed by atoms with Crippen LogP contribution in [-0.4, -0.2) is 41.5 Å². The zero-order valence-electron chi connectivity index (χ0n) is 12.4. The summed E-state index contributed by atoms with van der Waals surface area (Å²) < 4.78 is 5.21. The van der Waals surface area contributed by atoms with Crippen LogP contribution >= 0.6 is 12.4 Å². The Bertz CT molecular complexity index is 553. The van der Waals surface area contributed by atoms with Crippen molar-refractivity contribution in [1.82, 2.24) is 4.90 Å². The first-order chi connectivity index (χ1) is 10.1. The van der Waals surface area contributed by atoms with Crippen molar-refractivity contribution in [2.75, 3.05) is 19.7 Å². The molecule has 0 bridgehead atoms. The number of nitrogens with zero attached hydrogens (tertiary/aromatic N) is 2. The van der Waals surface area contributed by atoms with E-state index < -0.39 is 4.92 Å². The summed E-state index contributed by atoms with van der Waals surface area (Å²) in [6.45, 7) is 3.13. The maximum absolute atomic E-state index is 12.5. The molecule has 2 rings (SSSR count). The van der Waals surface area contributed by atoms with E-state index in [1.165, 1.54) is 12.1 Å². The lowest BCUT2D eigenvalue weighted by Crippen LogP contribution is -2.39. The highest BCUT2D eigenvalue weighted by Crippen LogP contribution is 2.29. The molecule has 1 aliphatic heterocycles. The van der Waals surface area contributed by atoms with Gasteiger partial charge in [-0.3, -0.25) is 14.9 Å². The minimum atomic E-state index is -0.536. The fourth-order valence-electron chi connectivity index (χ4n) is 2.58. The standard InChI is InChI=1S/C14H19N3O4.ClH/c1-2-21-13-6-5-10(8-12(13)17(19)20)14(18)16-7-3-4-11(16)9-15;/h5-6,8,11H,2-4,7,9,15H2,1H3;1H. The van der Waals surface area contributed by atoms with Gasteiger partial charge in [-0.25, -0.2) is 0 Å². The third-order valence-corrected chi connectivity index (χ3v) is 3.61. The number of nitrogens with two attached hydrogens (primary N) is 1. The van der Waals surface area contributed by atoms with Gasteiger partial charge < -0.3 is 15.4 Å². The minimum Gasteiger partial charge on any atom is -0.487 e. The van der Waals surface area contributed by atoms with Crippen LogP contribution in [0.25, 0.3) is 0 Å². The number of hydrogen-bond acceptors (Lipinski definition) is 5. The van der Waals surface area contributed by atoms with Crippen LogP contribution in [-0.2, 0) is 0 Å². The summed E-state index contributed by atoms with van der Waals surface area (Å²) in [6, 6.07) is 4.33. The minimum absolute atomic E-state index is 0. The van der Waals surface area contributed by atoms with Gasteiger partial charge in [-0.1, -0.05) is 0 Å². The molecule has 1 fully saturated rings. The van der Waals surface area contributed by atoms with E-state index in [-0.39, 0.29) is 35.8 Å². The van der Waals surface area contributed by atoms with Crippen molar-refractivity contribution in [3.8, 4) is 5.75 Å². The first kappa shape index (κ1) is 18.2. The number of rotatable bonds is 5. The molecule has 0 spiro atoms. The fraction of sp³-hybridized carbons (Fsp3) is 0.500. The largest absolute Gasteiger partial charge is 0.487 e. The van der Waals surface area contributed by atoms with Crippen molar-refractivity contribution in [3.05, 3.63) is 33.9 Å². The summed E-state index contributed by atoms with van der Waals surface area (Å²) in [7, 11) is 0. The molecule has 0 aliphatic carbocycles. The Morgan fingerprint density at radius 3 is 2.86 bits per heavy atom. The highest BCUT2D eigenvalue weighted by Gasteiger charge is 2.29. The molecular weight excluding hydrogens is 310 g/mol. The van der Waals surface area contributed by atoms with Crippen LogP contribution in [0.15, 0.2) is 18.2 Å². The normalized spacial score (nSPS) is 17.0. The molecule has 2 N–H and O–H groups in total. The topological polar surface area (TPSA) is 98.7 Å². The Hall–Kier alpha value is -1.86. The van der Waals surface area contributed by atoms with Crippen molar-refractivity contribution in [2.45, 2.75) is 25.8 Å². The Labute approximate surface area is 135 Å². The van der Waals surface area contributed by atoms with Gasteiger partial charge in [-0.2, -0.15) is 0 Å². The Morgan fingerprint density at radius 1 is 1.55 bits per heavy atom. The van der Waals surface area contributed by atoms with Crippen molar-refractivity contribution < 1.29 is 14.5 Å². The third kappa shape index (κ3) is 3.66. The molecule has 22 heavy (non-hydrogen) atoms. The molecule has 0 aromatic heterocycles. The molecule has 1 amide bonds. The van der Waals surface area contributed by atoms with Gasteiger partial charge in [0.25, 0.3) is 5.91 Å². The molecular formula is C14H20ClN3O4. The number of carbonyl (C=O) groups excluding carboxylic acids is 1. The van der Waals surface area contributed by atoms with Gasteiger partial charge in [0, 0.05) is 30.8 Å². The second-order valence-electron chi connectivity index (χ2n) is 4.90. The van der Waals surface area contributed by atoms with Gasteiger partial charge in [0.2, 0.25) is 0 Å². The van der Waals surface area contributed by atoms with Crippen molar-refractivity contribution >= 4 is 24.0 Å². The average molecular weight is 330 g/mol. The van der Waals surface area contributed by atoms with E-state index in [4.69, 9.17) is 10.5 Å². The van der Waals surface area contributed by atoms with E-state index >= 15 is 0 Å². The monoisotopic (exact) mass is 329 g/mol. The molecule has 1 aliphatic rings. The smallest absolute Gasteiger partial charge is 0.311 e. The van der Waals surface area contributed by atoms with Crippen LogP contribution in [0.1, 0.15) is 30.1 Å². The fourth-order valence-corrected chi connectivity index (χ4v) is 2.58. The Morgan fingerprint density at radius 2 is 2.27 bits per heavy atom. The van der Waals surface area contributed by atoms with Crippen molar-refractivity contribution in [1.29, 1.82) is 0 Å². The summed E-state index contributed by atoms with van der Waals surface area (Å²) in [4.78, 5) is 24.7. The zero-order valence-corrected chi connectivity index (χ0v) is 13.2. The molecule has 1 unspecified atom stereocenters. The first-order valence-corrected chi connectivity index (χ1v) is 7.00. The number of halogens is 1. The molecule has 1 aromatic rings. The summed E-state index contributed by atoms with van der Waals surface area (Å²) in [5, 5.41) is 11.1. The molecule has 1 saturated heterocycles. The van der Waals surface area contributed by atoms with Gasteiger partial charge in [-0.15, -0.1) is 12.4 Å². The first-order valence-electron chi connectivity index (χ1n) is 7.00. The van der Waals surface area contributed by atoms with Crippen LogP contribution in [0.3, 0.4) is 0 Å². The SMILES string of the molecule is CCOc1ccc(C(=O)N2CCCC2CN)cc1[N+](=O)[O-].Cl. The van der Waals surface area contributed by atoms with E-state index in [2.05, 4.69) is 0 Å². The van der Waals surface area contributed by atoms with Crippen LogP contribution < -0.4 is 10.5 Å². The van der Waals surface area contributed by atoms with E-state index in [0.29, 0.717) is 25.3 Å². The molecule has 0 radical (unpaired) electrons. The molecule has 122 valence electrons. The third-order valence-electron chi connectivity index (χ3n) is 3.61. The zero-order chi connectivity index (χ0) is 15.4. The van der Waals surface area contributed by atoms with E-state index in [9.17, 15) is 14.9 Å². The van der Waals surface area contributed by atoms with E-state index in [1.807, 2.05) is 0 Å². The molecule has 7 nitrogen and oxygen atoms in total. The predicted molar refractivity (Wildman–Crippen MR) is 84.6 cm³/mol. The molecule has 1 aromatic carbocycles. The molecule has 1 heterocycles. The summed E-state index contributed by atoms with van der Waals surface area (Å²) >= 11 is 0. The van der Waals surface area contributed by atoms with Crippen molar-refractivity contribution in [2.24, 2.45) is 5.73 Å². The van der Waals surface area contributed by atoms with Crippen molar-refractivity contribution in [3.63, 3.8) is 0 Å². The van der Waals surface area contributed by atoms with E-state index in [0.717, 1.165) is 12.8 Å². The summed E-state index contributed by atoms with van der Waals surface area (Å²) in [5.74, 6) is -0.0371. The maximum atomic E-state index is 12.5. The average Bonchev–Trinajstić information content (AvgIpc) is 2.95. The maximum Gasteiger partial charge on any atom is 0.311 e. The number of benzene rings is 1. The van der Waals surface area contributed by atoms with Crippen LogP contribution in [0.4, 0.5) is 5.69 Å². The molecule has 1 atom stereocenters. The lowest BCUT2D eigenvalue weighted by Gasteiger charge is -2.23. The lowest BCUT2D eigenvalue weighted by molar-refractivity contribution is -0.385. The van der Waals surface area contributed by atoms with Gasteiger partial charge in [0.05, 0.1) is 11.5 Å². The molecule has 8 heteroatoms. The van der Waals surface area contributed by atoms with Gasteiger partial charge in [0.1, 0.15) is 0 Å². The molecule has 0 saturated carbocycles. The van der Waals surface area contributed by atoms with E-state index in [1.54, 1.807) is 17.9 Å². The predicted octanol–water partition coefficient (Wildman–Crippen LogP) is 1.98.